The predicted octanol–water partition coefficient (Wildman–Crippen LogP) is 4.87. The zero-order valence-corrected chi connectivity index (χ0v) is 19.6. The summed E-state index contributed by atoms with van der Waals surface area (Å²) in [5, 5.41) is 0.383. The summed E-state index contributed by atoms with van der Waals surface area (Å²) in [6.07, 6.45) is -0.207. The molecule has 2 aromatic carbocycles. The summed E-state index contributed by atoms with van der Waals surface area (Å²) >= 11 is 11.9. The monoisotopic (exact) mass is 488 g/mol. The molecule has 0 bridgehead atoms. The number of anilines is 1. The van der Waals surface area contributed by atoms with Crippen LogP contribution >= 0.6 is 23.2 Å². The van der Waals surface area contributed by atoms with E-state index in [9.17, 15) is 9.59 Å². The molecule has 0 saturated heterocycles. The number of ketones is 1. The number of rotatable bonds is 6. The van der Waals surface area contributed by atoms with Crippen molar-refractivity contribution < 1.29 is 23.8 Å². The lowest BCUT2D eigenvalue weighted by Crippen LogP contribution is -2.33. The number of nitrogens with zero attached hydrogens (tertiary/aromatic N) is 1. The van der Waals surface area contributed by atoms with Crippen LogP contribution in [0.4, 0.5) is 5.69 Å². The number of nitrogen functional groups attached to an aromatic ring is 1. The zero-order chi connectivity index (χ0) is 23.7. The molecule has 0 radical (unpaired) electrons. The fourth-order valence-corrected chi connectivity index (χ4v) is 4.25. The second kappa shape index (κ2) is 9.37. The highest BCUT2D eigenvalue weighted by atomic mass is 35.5. The van der Waals surface area contributed by atoms with Gasteiger partial charge in [-0.1, -0.05) is 35.3 Å². The van der Waals surface area contributed by atoms with Crippen LogP contribution in [0.15, 0.2) is 42.5 Å². The summed E-state index contributed by atoms with van der Waals surface area (Å²) in [7, 11) is 0. The SMILES string of the molecule is Cc1cc(C(=O)COC(=O)c2cc(Cl)cc(Cl)c2N)c(C)n1C[C@@H]1COc2ccccc2O1. The minimum atomic E-state index is -0.773. The minimum absolute atomic E-state index is 0.0144. The molecule has 1 atom stereocenters. The topological polar surface area (TPSA) is 92.8 Å². The number of hydrogen-bond acceptors (Lipinski definition) is 6. The number of nitrogens with two attached hydrogens (primary N) is 1. The van der Waals surface area contributed by atoms with Crippen LogP contribution in [0.2, 0.25) is 10.0 Å². The van der Waals surface area contributed by atoms with Gasteiger partial charge in [0.25, 0.3) is 0 Å². The van der Waals surface area contributed by atoms with Crippen LogP contribution < -0.4 is 15.2 Å². The predicted molar refractivity (Wildman–Crippen MR) is 126 cm³/mol. The molecule has 0 amide bonds. The van der Waals surface area contributed by atoms with Crippen LogP contribution in [-0.4, -0.2) is 35.6 Å². The Morgan fingerprint density at radius 2 is 1.85 bits per heavy atom. The van der Waals surface area contributed by atoms with Gasteiger partial charge in [0.1, 0.15) is 6.61 Å². The molecule has 1 aliphatic rings. The summed E-state index contributed by atoms with van der Waals surface area (Å²) < 4.78 is 19.0. The molecule has 0 spiro atoms. The van der Waals surface area contributed by atoms with Crippen molar-refractivity contribution in [3.63, 3.8) is 0 Å². The van der Waals surface area contributed by atoms with E-state index in [0.29, 0.717) is 30.2 Å². The van der Waals surface area contributed by atoms with E-state index in [1.807, 2.05) is 42.7 Å². The second-order valence-corrected chi connectivity index (χ2v) is 8.58. The molecule has 3 aromatic rings. The molecule has 9 heteroatoms. The molecule has 1 aliphatic heterocycles. The first-order valence-electron chi connectivity index (χ1n) is 10.2. The van der Waals surface area contributed by atoms with E-state index in [4.69, 9.17) is 43.1 Å². The van der Waals surface area contributed by atoms with Crippen molar-refractivity contribution in [2.45, 2.75) is 26.5 Å². The fraction of sp³-hybridized carbons (Fsp3) is 0.250. The molecule has 0 fully saturated rings. The first-order chi connectivity index (χ1) is 15.7. The van der Waals surface area contributed by atoms with E-state index in [-0.39, 0.29) is 33.2 Å². The number of benzene rings is 2. The Hall–Kier alpha value is -3.16. The lowest BCUT2D eigenvalue weighted by Gasteiger charge is -2.27. The Kier molecular flexibility index (Phi) is 6.54. The van der Waals surface area contributed by atoms with Crippen molar-refractivity contribution in [2.24, 2.45) is 0 Å². The first kappa shape index (κ1) is 23.0. The van der Waals surface area contributed by atoms with Gasteiger partial charge in [-0.3, -0.25) is 4.79 Å². The Morgan fingerprint density at radius 3 is 2.61 bits per heavy atom. The zero-order valence-electron chi connectivity index (χ0n) is 18.1. The number of Topliss-reactive ketones (excluding diaryl/α,β-unsaturated/α-hetero) is 1. The molecule has 33 heavy (non-hydrogen) atoms. The van der Waals surface area contributed by atoms with E-state index in [1.54, 1.807) is 6.07 Å². The summed E-state index contributed by atoms with van der Waals surface area (Å²) in [4.78, 5) is 25.2. The fourth-order valence-electron chi connectivity index (χ4n) is 3.76. The molecule has 2 N–H and O–H groups in total. The lowest BCUT2D eigenvalue weighted by atomic mass is 10.1. The van der Waals surface area contributed by atoms with Crippen molar-refractivity contribution in [3.05, 3.63) is 75.0 Å². The Bertz CT molecular complexity index is 1240. The van der Waals surface area contributed by atoms with Gasteiger partial charge in [-0.05, 0) is 44.2 Å². The molecule has 7 nitrogen and oxygen atoms in total. The maximum atomic E-state index is 12.8. The molecule has 4 rings (SSSR count). The number of ether oxygens (including phenoxy) is 3. The van der Waals surface area contributed by atoms with Crippen LogP contribution in [0.1, 0.15) is 32.1 Å². The number of carbonyl (C=O) groups is 2. The minimum Gasteiger partial charge on any atom is -0.486 e. The van der Waals surface area contributed by atoms with Crippen molar-refractivity contribution in [2.75, 3.05) is 18.9 Å². The van der Waals surface area contributed by atoms with Crippen LogP contribution in [0.3, 0.4) is 0 Å². The summed E-state index contributed by atoms with van der Waals surface area (Å²) in [6.45, 7) is 4.22. The molecular weight excluding hydrogens is 467 g/mol. The number of para-hydroxylation sites is 2. The third-order valence-electron chi connectivity index (χ3n) is 5.48. The average molecular weight is 489 g/mol. The van der Waals surface area contributed by atoms with Crippen molar-refractivity contribution in [1.82, 2.24) is 4.57 Å². The van der Waals surface area contributed by atoms with Crippen LogP contribution in [0.25, 0.3) is 0 Å². The third kappa shape index (κ3) is 4.79. The largest absolute Gasteiger partial charge is 0.486 e. The van der Waals surface area contributed by atoms with Crippen molar-refractivity contribution in [1.29, 1.82) is 0 Å². The molecular formula is C24H22Cl2N2O5. The van der Waals surface area contributed by atoms with Crippen molar-refractivity contribution in [3.8, 4) is 11.5 Å². The summed E-state index contributed by atoms with van der Waals surface area (Å²) in [5.74, 6) is 0.305. The Balaban J connectivity index is 1.43. The summed E-state index contributed by atoms with van der Waals surface area (Å²) in [5.41, 5.74) is 8.00. The Labute approximate surface area is 200 Å². The number of halogens is 2. The van der Waals surface area contributed by atoms with Gasteiger partial charge in [0.2, 0.25) is 5.78 Å². The molecule has 2 heterocycles. The number of fused-ring (bicyclic) bond motifs is 1. The normalized spacial score (nSPS) is 14.7. The standard InChI is InChI=1S/C24H22Cl2N2O5/c1-13-7-17(20(29)12-32-24(30)18-8-15(25)9-19(26)23(18)27)14(2)28(13)10-16-11-31-21-5-3-4-6-22(21)33-16/h3-9,16H,10-12,27H2,1-2H3/t16-/m1/s1. The third-order valence-corrected chi connectivity index (χ3v) is 6.01. The van der Waals surface area contributed by atoms with Crippen LogP contribution in [0, 0.1) is 13.8 Å². The Morgan fingerprint density at radius 1 is 1.12 bits per heavy atom. The summed E-state index contributed by atoms with van der Waals surface area (Å²) in [6, 6.07) is 12.1. The highest BCUT2D eigenvalue weighted by Crippen LogP contribution is 2.32. The average Bonchev–Trinajstić information content (AvgIpc) is 3.08. The van der Waals surface area contributed by atoms with Crippen LogP contribution in [0.5, 0.6) is 11.5 Å². The van der Waals surface area contributed by atoms with Gasteiger partial charge in [-0.2, -0.15) is 0 Å². The number of hydrogen-bond donors (Lipinski definition) is 1. The van der Waals surface area contributed by atoms with Gasteiger partial charge < -0.3 is 24.5 Å². The second-order valence-electron chi connectivity index (χ2n) is 7.74. The molecule has 0 aliphatic carbocycles. The van der Waals surface area contributed by atoms with Crippen molar-refractivity contribution >= 4 is 40.6 Å². The lowest BCUT2D eigenvalue weighted by molar-refractivity contribution is 0.0475. The number of carbonyl (C=O) groups excluding carboxylic acids is 2. The molecule has 172 valence electrons. The van der Waals surface area contributed by atoms with E-state index in [0.717, 1.165) is 11.4 Å². The van der Waals surface area contributed by atoms with E-state index in [1.165, 1.54) is 12.1 Å². The maximum Gasteiger partial charge on any atom is 0.340 e. The molecule has 1 aromatic heterocycles. The van der Waals surface area contributed by atoms with Gasteiger partial charge in [-0.15, -0.1) is 0 Å². The number of aromatic nitrogens is 1. The van der Waals surface area contributed by atoms with Crippen LogP contribution in [-0.2, 0) is 11.3 Å². The van der Waals surface area contributed by atoms with Gasteiger partial charge >= 0.3 is 5.97 Å². The highest BCUT2D eigenvalue weighted by molar-refractivity contribution is 6.37. The number of aryl methyl sites for hydroxylation is 1. The maximum absolute atomic E-state index is 12.8. The molecule has 0 unspecified atom stereocenters. The number of esters is 1. The highest BCUT2D eigenvalue weighted by Gasteiger charge is 2.24. The quantitative estimate of drug-likeness (QED) is 0.302. The van der Waals surface area contributed by atoms with Gasteiger partial charge in [0, 0.05) is 22.0 Å². The van der Waals surface area contributed by atoms with E-state index >= 15 is 0 Å². The van der Waals surface area contributed by atoms with Gasteiger partial charge in [0.05, 0.1) is 22.8 Å². The first-order valence-corrected chi connectivity index (χ1v) is 11.0. The van der Waals surface area contributed by atoms with E-state index < -0.39 is 12.6 Å². The smallest absolute Gasteiger partial charge is 0.340 e. The van der Waals surface area contributed by atoms with Gasteiger partial charge in [-0.25, -0.2) is 4.79 Å². The van der Waals surface area contributed by atoms with E-state index in [2.05, 4.69) is 0 Å². The van der Waals surface area contributed by atoms with Gasteiger partial charge in [0.15, 0.2) is 24.2 Å². The molecule has 0 saturated carbocycles.